The number of nitrogens with zero attached hydrogens (tertiary/aromatic N) is 2. The van der Waals surface area contributed by atoms with Gasteiger partial charge < -0.3 is 4.90 Å². The Kier molecular flexibility index (Phi) is 6.04. The van der Waals surface area contributed by atoms with E-state index in [9.17, 15) is 8.42 Å². The lowest BCUT2D eigenvalue weighted by Gasteiger charge is -2.32. The van der Waals surface area contributed by atoms with E-state index in [2.05, 4.69) is 14.6 Å². The fraction of sp³-hybridized carbons (Fsp3) is 0.421. The van der Waals surface area contributed by atoms with Crippen molar-refractivity contribution in [3.8, 4) is 0 Å². The van der Waals surface area contributed by atoms with Gasteiger partial charge in [-0.05, 0) is 42.9 Å². The van der Waals surface area contributed by atoms with Crippen LogP contribution in [0.15, 0.2) is 54.7 Å². The molecule has 134 valence electrons. The van der Waals surface area contributed by atoms with Gasteiger partial charge >= 0.3 is 0 Å². The summed E-state index contributed by atoms with van der Waals surface area (Å²) in [6.07, 6.45) is 4.33. The third-order valence-corrected chi connectivity index (χ3v) is 6.03. The van der Waals surface area contributed by atoms with Gasteiger partial charge in [0.1, 0.15) is 5.82 Å². The van der Waals surface area contributed by atoms with Crippen LogP contribution >= 0.6 is 0 Å². The highest BCUT2D eigenvalue weighted by Crippen LogP contribution is 2.21. The summed E-state index contributed by atoms with van der Waals surface area (Å²) in [5, 5.41) is 0. The van der Waals surface area contributed by atoms with E-state index in [0.29, 0.717) is 18.9 Å². The summed E-state index contributed by atoms with van der Waals surface area (Å²) in [6.45, 7) is 2.38. The molecule has 1 aliphatic heterocycles. The minimum absolute atomic E-state index is 0.143. The van der Waals surface area contributed by atoms with E-state index in [-0.39, 0.29) is 5.75 Å². The van der Waals surface area contributed by atoms with Crippen LogP contribution in [0.5, 0.6) is 0 Å². The maximum absolute atomic E-state index is 12.2. The minimum Gasteiger partial charge on any atom is -0.357 e. The molecule has 3 rings (SSSR count). The highest BCUT2D eigenvalue weighted by atomic mass is 32.2. The molecule has 25 heavy (non-hydrogen) atoms. The molecule has 1 aromatic carbocycles. The number of aromatic nitrogens is 1. The molecule has 0 bridgehead atoms. The number of nitrogens with one attached hydrogen (secondary N) is 1. The molecule has 0 amide bonds. The van der Waals surface area contributed by atoms with E-state index in [1.807, 2.05) is 54.7 Å². The van der Waals surface area contributed by atoms with E-state index in [0.717, 1.165) is 37.3 Å². The first-order chi connectivity index (χ1) is 12.1. The number of benzene rings is 1. The predicted molar refractivity (Wildman–Crippen MR) is 101 cm³/mol. The summed E-state index contributed by atoms with van der Waals surface area (Å²) in [5.74, 6) is 1.54. The molecule has 6 heteroatoms. The molecule has 5 nitrogen and oxygen atoms in total. The summed E-state index contributed by atoms with van der Waals surface area (Å²) in [7, 11) is -3.22. The Labute approximate surface area is 150 Å². The zero-order chi connectivity index (χ0) is 17.5. The SMILES string of the molecule is O=S(=O)(CCc1ccccc1)NCC1CCN(c2ccccn2)CC1. The van der Waals surface area contributed by atoms with Crippen LogP contribution < -0.4 is 9.62 Å². The molecule has 2 aromatic rings. The molecule has 0 atom stereocenters. The van der Waals surface area contributed by atoms with Crippen LogP contribution in [0.25, 0.3) is 0 Å². The molecule has 2 heterocycles. The molecular weight excluding hydrogens is 334 g/mol. The average molecular weight is 359 g/mol. The van der Waals surface area contributed by atoms with E-state index in [4.69, 9.17) is 0 Å². The van der Waals surface area contributed by atoms with Crippen molar-refractivity contribution in [1.82, 2.24) is 9.71 Å². The Morgan fingerprint density at radius 1 is 1.04 bits per heavy atom. The van der Waals surface area contributed by atoms with E-state index in [1.54, 1.807) is 0 Å². The maximum atomic E-state index is 12.2. The van der Waals surface area contributed by atoms with Crippen molar-refractivity contribution in [2.45, 2.75) is 19.3 Å². The molecular formula is C19H25N3O2S. The first kappa shape index (κ1) is 17.9. The lowest BCUT2D eigenvalue weighted by atomic mass is 9.97. The van der Waals surface area contributed by atoms with Crippen LogP contribution in [0.2, 0.25) is 0 Å². The summed E-state index contributed by atoms with van der Waals surface area (Å²) in [6, 6.07) is 15.7. The maximum Gasteiger partial charge on any atom is 0.211 e. The third-order valence-electron chi connectivity index (χ3n) is 4.68. The largest absolute Gasteiger partial charge is 0.357 e. The minimum atomic E-state index is -3.22. The van der Waals surface area contributed by atoms with Crippen LogP contribution in [0, 0.1) is 5.92 Å². The molecule has 1 aliphatic rings. The zero-order valence-corrected chi connectivity index (χ0v) is 15.2. The summed E-state index contributed by atoms with van der Waals surface area (Å²) in [5.41, 5.74) is 1.05. The zero-order valence-electron chi connectivity index (χ0n) is 14.3. The predicted octanol–water partition coefficient (Wildman–Crippen LogP) is 2.46. The van der Waals surface area contributed by atoms with Crippen LogP contribution in [0.4, 0.5) is 5.82 Å². The van der Waals surface area contributed by atoms with E-state index < -0.39 is 10.0 Å². The van der Waals surface area contributed by atoms with Gasteiger partial charge in [-0.2, -0.15) is 0 Å². The lowest BCUT2D eigenvalue weighted by molar-refractivity contribution is 0.400. The van der Waals surface area contributed by atoms with Crippen molar-refractivity contribution in [2.24, 2.45) is 5.92 Å². The van der Waals surface area contributed by atoms with Crippen molar-refractivity contribution in [3.63, 3.8) is 0 Å². The Morgan fingerprint density at radius 2 is 1.76 bits per heavy atom. The van der Waals surface area contributed by atoms with Crippen LogP contribution in [0.3, 0.4) is 0 Å². The van der Waals surface area contributed by atoms with Gasteiger partial charge in [0.2, 0.25) is 10.0 Å². The van der Waals surface area contributed by atoms with Gasteiger partial charge in [0.05, 0.1) is 5.75 Å². The summed E-state index contributed by atoms with van der Waals surface area (Å²) < 4.78 is 27.2. The fourth-order valence-electron chi connectivity index (χ4n) is 3.12. The molecule has 0 saturated carbocycles. The monoisotopic (exact) mass is 359 g/mol. The molecule has 1 saturated heterocycles. The summed E-state index contributed by atoms with van der Waals surface area (Å²) in [4.78, 5) is 6.64. The number of hydrogen-bond donors (Lipinski definition) is 1. The van der Waals surface area contributed by atoms with Gasteiger partial charge in [-0.25, -0.2) is 18.1 Å². The normalized spacial score (nSPS) is 16.1. The highest BCUT2D eigenvalue weighted by molar-refractivity contribution is 7.89. The van der Waals surface area contributed by atoms with Crippen LogP contribution in [-0.4, -0.2) is 38.8 Å². The summed E-state index contributed by atoms with van der Waals surface area (Å²) >= 11 is 0. The molecule has 0 spiro atoms. The van der Waals surface area contributed by atoms with Crippen molar-refractivity contribution in [1.29, 1.82) is 0 Å². The molecule has 1 fully saturated rings. The number of sulfonamides is 1. The third kappa shape index (κ3) is 5.54. The second-order valence-corrected chi connectivity index (χ2v) is 8.45. The van der Waals surface area contributed by atoms with Gasteiger partial charge in [0.25, 0.3) is 0 Å². The Bertz CT molecular complexity index is 743. The first-order valence-electron chi connectivity index (χ1n) is 8.80. The second kappa shape index (κ2) is 8.45. The van der Waals surface area contributed by atoms with Crippen LogP contribution in [-0.2, 0) is 16.4 Å². The Balaban J connectivity index is 1.41. The number of rotatable bonds is 7. The smallest absolute Gasteiger partial charge is 0.211 e. The van der Waals surface area contributed by atoms with Gasteiger partial charge in [-0.1, -0.05) is 36.4 Å². The van der Waals surface area contributed by atoms with Crippen molar-refractivity contribution in [2.75, 3.05) is 30.3 Å². The topological polar surface area (TPSA) is 62.3 Å². The number of pyridine rings is 1. The van der Waals surface area contributed by atoms with E-state index >= 15 is 0 Å². The van der Waals surface area contributed by atoms with Gasteiger partial charge in [0.15, 0.2) is 0 Å². The standard InChI is InChI=1S/C19H25N3O2S/c23-25(24,15-11-17-6-2-1-3-7-17)21-16-18-9-13-22(14-10-18)19-8-4-5-12-20-19/h1-8,12,18,21H,9-11,13-16H2. The Hall–Kier alpha value is -1.92. The van der Waals surface area contributed by atoms with Crippen molar-refractivity contribution >= 4 is 15.8 Å². The molecule has 1 aromatic heterocycles. The number of hydrogen-bond acceptors (Lipinski definition) is 4. The second-order valence-electron chi connectivity index (χ2n) is 6.52. The number of anilines is 1. The Morgan fingerprint density at radius 3 is 2.44 bits per heavy atom. The molecule has 0 unspecified atom stereocenters. The fourth-order valence-corrected chi connectivity index (χ4v) is 4.26. The highest BCUT2D eigenvalue weighted by Gasteiger charge is 2.21. The number of piperidine rings is 1. The van der Waals surface area contributed by atoms with Gasteiger partial charge in [0, 0.05) is 25.8 Å². The van der Waals surface area contributed by atoms with Gasteiger partial charge in [-0.3, -0.25) is 0 Å². The van der Waals surface area contributed by atoms with Crippen molar-refractivity contribution < 1.29 is 8.42 Å². The van der Waals surface area contributed by atoms with Crippen LogP contribution in [0.1, 0.15) is 18.4 Å². The molecule has 0 radical (unpaired) electrons. The quantitative estimate of drug-likeness (QED) is 0.825. The molecule has 0 aliphatic carbocycles. The number of aryl methyl sites for hydroxylation is 1. The molecule has 1 N–H and O–H groups in total. The van der Waals surface area contributed by atoms with E-state index in [1.165, 1.54) is 0 Å². The first-order valence-corrected chi connectivity index (χ1v) is 10.4. The van der Waals surface area contributed by atoms with Crippen molar-refractivity contribution in [3.05, 3.63) is 60.3 Å². The average Bonchev–Trinajstić information content (AvgIpc) is 2.67. The lowest BCUT2D eigenvalue weighted by Crippen LogP contribution is -2.39. The van der Waals surface area contributed by atoms with Gasteiger partial charge in [-0.15, -0.1) is 0 Å².